The fourth-order valence-corrected chi connectivity index (χ4v) is 1.65. The maximum Gasteiger partial charge on any atom is 0.318 e. The van der Waals surface area contributed by atoms with Gasteiger partial charge in [-0.15, -0.1) is 0 Å². The van der Waals surface area contributed by atoms with E-state index in [1.807, 2.05) is 18.2 Å². The Hall–Kier alpha value is -1.62. The summed E-state index contributed by atoms with van der Waals surface area (Å²) < 4.78 is 0. The molecule has 1 saturated heterocycles. The number of β-amino-alcohol motifs (C(OH)–C–C–N with tert-alkyl or cyclic N) is 1. The largest absolute Gasteiger partial charge is 0.395 e. The summed E-state index contributed by atoms with van der Waals surface area (Å²) in [6, 6.07) is 5.41. The predicted molar refractivity (Wildman–Crippen MR) is 54.2 cm³/mol. The van der Waals surface area contributed by atoms with E-state index in [0.29, 0.717) is 13.1 Å². The number of aliphatic hydroxyl groups is 1. The van der Waals surface area contributed by atoms with Gasteiger partial charge in [0, 0.05) is 19.3 Å². The minimum absolute atomic E-state index is 0.0115. The predicted octanol–water partition coefficient (Wildman–Crippen LogP) is 0.140. The van der Waals surface area contributed by atoms with Crippen LogP contribution in [-0.4, -0.2) is 40.7 Å². The Kier molecular flexibility index (Phi) is 2.82. The number of nitrogens with one attached hydrogen (secondary N) is 1. The number of urea groups is 1. The minimum Gasteiger partial charge on any atom is -0.395 e. The number of hydrogen-bond donors (Lipinski definition) is 2. The topological polar surface area (TPSA) is 65.5 Å². The van der Waals surface area contributed by atoms with Crippen LogP contribution < -0.4 is 5.32 Å². The number of aliphatic hydroxyl groups excluding tert-OH is 1. The van der Waals surface area contributed by atoms with Crippen LogP contribution in [0.2, 0.25) is 0 Å². The molecule has 1 aliphatic heterocycles. The van der Waals surface area contributed by atoms with E-state index in [9.17, 15) is 4.79 Å². The standard InChI is InChI=1S/C10H13N3O2/c14-6-5-13-7-9(12-10(13)15)8-3-1-2-4-11-8/h1-4,9,14H,5-7H2,(H,12,15). The molecule has 2 N–H and O–H groups in total. The van der Waals surface area contributed by atoms with Gasteiger partial charge < -0.3 is 15.3 Å². The van der Waals surface area contributed by atoms with Gasteiger partial charge in [0.05, 0.1) is 18.3 Å². The summed E-state index contributed by atoms with van der Waals surface area (Å²) in [7, 11) is 0. The Bertz CT molecular complexity index is 342. The third kappa shape index (κ3) is 2.07. The highest BCUT2D eigenvalue weighted by molar-refractivity contribution is 5.77. The second kappa shape index (κ2) is 4.27. The Morgan fingerprint density at radius 3 is 3.13 bits per heavy atom. The molecule has 80 valence electrons. The second-order valence-electron chi connectivity index (χ2n) is 3.43. The van der Waals surface area contributed by atoms with Gasteiger partial charge in [-0.3, -0.25) is 4.98 Å². The lowest BCUT2D eigenvalue weighted by molar-refractivity contribution is 0.196. The molecule has 1 fully saturated rings. The van der Waals surface area contributed by atoms with Crippen LogP contribution in [0.15, 0.2) is 24.4 Å². The number of hydrogen-bond acceptors (Lipinski definition) is 3. The average Bonchev–Trinajstić information content (AvgIpc) is 2.63. The van der Waals surface area contributed by atoms with Gasteiger partial charge in [0.1, 0.15) is 0 Å². The highest BCUT2D eigenvalue weighted by Gasteiger charge is 2.29. The van der Waals surface area contributed by atoms with Crippen LogP contribution in [0.25, 0.3) is 0 Å². The first kappa shape index (κ1) is 9.92. The zero-order valence-electron chi connectivity index (χ0n) is 8.26. The summed E-state index contributed by atoms with van der Waals surface area (Å²) >= 11 is 0. The summed E-state index contributed by atoms with van der Waals surface area (Å²) in [4.78, 5) is 17.2. The number of aromatic nitrogens is 1. The number of carbonyl (C=O) groups excluding carboxylic acids is 1. The van der Waals surface area contributed by atoms with Gasteiger partial charge in [0.25, 0.3) is 0 Å². The molecule has 0 bridgehead atoms. The van der Waals surface area contributed by atoms with E-state index in [-0.39, 0.29) is 18.7 Å². The summed E-state index contributed by atoms with van der Waals surface area (Å²) in [5.74, 6) is 0. The SMILES string of the molecule is O=C1NC(c2ccccn2)CN1CCO. The van der Waals surface area contributed by atoms with Crippen LogP contribution in [0, 0.1) is 0 Å². The maximum absolute atomic E-state index is 11.4. The van der Waals surface area contributed by atoms with Crippen molar-refractivity contribution in [3.8, 4) is 0 Å². The van der Waals surface area contributed by atoms with E-state index in [4.69, 9.17) is 5.11 Å². The average molecular weight is 207 g/mol. The fourth-order valence-electron chi connectivity index (χ4n) is 1.65. The third-order valence-electron chi connectivity index (χ3n) is 2.40. The first-order chi connectivity index (χ1) is 7.31. The van der Waals surface area contributed by atoms with E-state index in [1.54, 1.807) is 11.1 Å². The number of nitrogens with zero attached hydrogens (tertiary/aromatic N) is 2. The zero-order valence-corrected chi connectivity index (χ0v) is 8.26. The molecular formula is C10H13N3O2. The number of amides is 2. The first-order valence-electron chi connectivity index (χ1n) is 4.88. The molecule has 1 aliphatic rings. The Morgan fingerprint density at radius 1 is 1.60 bits per heavy atom. The highest BCUT2D eigenvalue weighted by Crippen LogP contribution is 2.17. The quantitative estimate of drug-likeness (QED) is 0.741. The van der Waals surface area contributed by atoms with Crippen molar-refractivity contribution in [2.24, 2.45) is 0 Å². The molecule has 1 aromatic heterocycles. The van der Waals surface area contributed by atoms with Crippen LogP contribution >= 0.6 is 0 Å². The highest BCUT2D eigenvalue weighted by atomic mass is 16.3. The van der Waals surface area contributed by atoms with Crippen LogP contribution in [0.1, 0.15) is 11.7 Å². The summed E-state index contributed by atoms with van der Waals surface area (Å²) in [6.45, 7) is 0.925. The molecule has 0 radical (unpaired) electrons. The Morgan fingerprint density at radius 2 is 2.47 bits per heavy atom. The molecule has 0 aromatic carbocycles. The van der Waals surface area contributed by atoms with Gasteiger partial charge in [0.15, 0.2) is 0 Å². The van der Waals surface area contributed by atoms with E-state index < -0.39 is 0 Å². The van der Waals surface area contributed by atoms with Crippen molar-refractivity contribution in [2.45, 2.75) is 6.04 Å². The molecule has 0 aliphatic carbocycles. The van der Waals surface area contributed by atoms with Crippen molar-refractivity contribution in [2.75, 3.05) is 19.7 Å². The number of carbonyl (C=O) groups is 1. The monoisotopic (exact) mass is 207 g/mol. The van der Waals surface area contributed by atoms with E-state index >= 15 is 0 Å². The molecule has 0 spiro atoms. The molecule has 2 rings (SSSR count). The molecule has 2 amide bonds. The summed E-state index contributed by atoms with van der Waals surface area (Å²) in [5.41, 5.74) is 0.853. The van der Waals surface area contributed by atoms with Crippen molar-refractivity contribution in [3.05, 3.63) is 30.1 Å². The molecular weight excluding hydrogens is 194 g/mol. The molecule has 1 atom stereocenters. The molecule has 1 aromatic rings. The van der Waals surface area contributed by atoms with Crippen molar-refractivity contribution < 1.29 is 9.90 Å². The third-order valence-corrected chi connectivity index (χ3v) is 2.40. The summed E-state index contributed by atoms with van der Waals surface area (Å²) in [5, 5.41) is 11.6. The van der Waals surface area contributed by atoms with E-state index in [1.165, 1.54) is 0 Å². The smallest absolute Gasteiger partial charge is 0.318 e. The summed E-state index contributed by atoms with van der Waals surface area (Å²) in [6.07, 6.45) is 1.70. The minimum atomic E-state index is -0.139. The molecule has 0 saturated carbocycles. The van der Waals surface area contributed by atoms with Crippen LogP contribution in [0.5, 0.6) is 0 Å². The second-order valence-corrected chi connectivity index (χ2v) is 3.43. The van der Waals surface area contributed by atoms with Gasteiger partial charge in [0.2, 0.25) is 0 Å². The zero-order chi connectivity index (χ0) is 10.7. The fraction of sp³-hybridized carbons (Fsp3) is 0.400. The van der Waals surface area contributed by atoms with E-state index in [0.717, 1.165) is 5.69 Å². The van der Waals surface area contributed by atoms with Crippen molar-refractivity contribution in [3.63, 3.8) is 0 Å². The van der Waals surface area contributed by atoms with Crippen LogP contribution in [0.3, 0.4) is 0 Å². The lowest BCUT2D eigenvalue weighted by Gasteiger charge is -2.11. The van der Waals surface area contributed by atoms with Gasteiger partial charge >= 0.3 is 6.03 Å². The van der Waals surface area contributed by atoms with Crippen molar-refractivity contribution >= 4 is 6.03 Å². The van der Waals surface area contributed by atoms with Gasteiger partial charge in [-0.2, -0.15) is 0 Å². The van der Waals surface area contributed by atoms with Crippen LogP contribution in [0.4, 0.5) is 4.79 Å². The van der Waals surface area contributed by atoms with Gasteiger partial charge in [-0.25, -0.2) is 4.79 Å². The van der Waals surface area contributed by atoms with Crippen molar-refractivity contribution in [1.29, 1.82) is 0 Å². The molecule has 2 heterocycles. The lowest BCUT2D eigenvalue weighted by atomic mass is 10.2. The molecule has 5 heteroatoms. The molecule has 1 unspecified atom stereocenters. The van der Waals surface area contributed by atoms with Crippen LogP contribution in [-0.2, 0) is 0 Å². The van der Waals surface area contributed by atoms with Gasteiger partial charge in [-0.05, 0) is 12.1 Å². The van der Waals surface area contributed by atoms with Gasteiger partial charge in [-0.1, -0.05) is 6.07 Å². The maximum atomic E-state index is 11.4. The number of rotatable bonds is 3. The Labute approximate surface area is 87.7 Å². The molecule has 5 nitrogen and oxygen atoms in total. The number of pyridine rings is 1. The normalized spacial score (nSPS) is 20.5. The molecule has 15 heavy (non-hydrogen) atoms. The lowest BCUT2D eigenvalue weighted by Crippen LogP contribution is -2.30. The van der Waals surface area contributed by atoms with Crippen molar-refractivity contribution in [1.82, 2.24) is 15.2 Å². The Balaban J connectivity index is 2.06. The first-order valence-corrected chi connectivity index (χ1v) is 4.88. The van der Waals surface area contributed by atoms with E-state index in [2.05, 4.69) is 10.3 Å².